The number of nitrogens with zero attached hydrogens (tertiary/aromatic N) is 2. The minimum absolute atomic E-state index is 0.736. The Hall–Kier alpha value is -0.0800. The summed E-state index contributed by atoms with van der Waals surface area (Å²) >= 11 is 0. The zero-order chi connectivity index (χ0) is 9.84. The average Bonchev–Trinajstić information content (AvgIpc) is 2.02. The van der Waals surface area contributed by atoms with Crippen molar-refractivity contribution in [3.8, 4) is 0 Å². The van der Waals surface area contributed by atoms with Crippen LogP contribution >= 0.6 is 0 Å². The third kappa shape index (κ3) is 2.96. The molecular formula is C11H24N2. The summed E-state index contributed by atoms with van der Waals surface area (Å²) in [5.41, 5.74) is 0. The third-order valence-corrected chi connectivity index (χ3v) is 3.05. The fourth-order valence-electron chi connectivity index (χ4n) is 2.40. The summed E-state index contributed by atoms with van der Waals surface area (Å²) in [4.78, 5) is 5.10. The first-order chi connectivity index (χ1) is 6.15. The van der Waals surface area contributed by atoms with Crippen molar-refractivity contribution < 1.29 is 0 Å². The number of hydrogen-bond acceptors (Lipinski definition) is 2. The molecular weight excluding hydrogens is 160 g/mol. The van der Waals surface area contributed by atoms with E-state index in [-0.39, 0.29) is 0 Å². The SMILES string of the molecule is CCCCN1[C@H](C)CN(C)C[C@@H]1C. The molecule has 1 rings (SSSR count). The first-order valence-electron chi connectivity index (χ1n) is 5.59. The second-order valence-corrected chi connectivity index (χ2v) is 4.51. The van der Waals surface area contributed by atoms with Crippen molar-refractivity contribution in [1.29, 1.82) is 0 Å². The van der Waals surface area contributed by atoms with E-state index >= 15 is 0 Å². The van der Waals surface area contributed by atoms with Crippen LogP contribution in [0.1, 0.15) is 33.6 Å². The van der Waals surface area contributed by atoms with Gasteiger partial charge in [-0.05, 0) is 33.9 Å². The summed E-state index contributed by atoms with van der Waals surface area (Å²) in [5.74, 6) is 0. The number of unbranched alkanes of at least 4 members (excludes halogenated alkanes) is 1. The van der Waals surface area contributed by atoms with Gasteiger partial charge in [-0.15, -0.1) is 0 Å². The first kappa shape index (κ1) is 11.0. The van der Waals surface area contributed by atoms with Crippen molar-refractivity contribution in [2.45, 2.75) is 45.7 Å². The number of hydrogen-bond donors (Lipinski definition) is 0. The minimum atomic E-state index is 0.736. The molecule has 0 aromatic carbocycles. The van der Waals surface area contributed by atoms with Gasteiger partial charge >= 0.3 is 0 Å². The highest BCUT2D eigenvalue weighted by atomic mass is 15.3. The van der Waals surface area contributed by atoms with E-state index in [0.29, 0.717) is 0 Å². The van der Waals surface area contributed by atoms with Crippen LogP contribution in [-0.2, 0) is 0 Å². The molecule has 1 saturated heterocycles. The molecule has 0 saturated carbocycles. The van der Waals surface area contributed by atoms with Crippen LogP contribution in [-0.4, -0.2) is 48.6 Å². The molecule has 1 fully saturated rings. The van der Waals surface area contributed by atoms with E-state index < -0.39 is 0 Å². The van der Waals surface area contributed by atoms with E-state index in [4.69, 9.17) is 0 Å². The van der Waals surface area contributed by atoms with Crippen molar-refractivity contribution >= 4 is 0 Å². The molecule has 1 aliphatic heterocycles. The summed E-state index contributed by atoms with van der Waals surface area (Å²) in [7, 11) is 2.23. The Balaban J connectivity index is 2.41. The van der Waals surface area contributed by atoms with Crippen molar-refractivity contribution in [3.63, 3.8) is 0 Å². The molecule has 0 aromatic heterocycles. The molecule has 0 amide bonds. The van der Waals surface area contributed by atoms with Crippen molar-refractivity contribution in [2.24, 2.45) is 0 Å². The highest BCUT2D eigenvalue weighted by Crippen LogP contribution is 2.14. The highest BCUT2D eigenvalue weighted by molar-refractivity contribution is 4.83. The van der Waals surface area contributed by atoms with Crippen LogP contribution in [0.25, 0.3) is 0 Å². The van der Waals surface area contributed by atoms with Crippen LogP contribution in [0, 0.1) is 0 Å². The number of piperazine rings is 1. The molecule has 2 atom stereocenters. The average molecular weight is 184 g/mol. The molecule has 1 aliphatic rings. The Bertz CT molecular complexity index is 135. The molecule has 13 heavy (non-hydrogen) atoms. The Labute approximate surface area is 82.9 Å². The Morgan fingerprint density at radius 1 is 1.15 bits per heavy atom. The second kappa shape index (κ2) is 4.97. The second-order valence-electron chi connectivity index (χ2n) is 4.51. The molecule has 2 nitrogen and oxygen atoms in total. The van der Waals surface area contributed by atoms with Crippen molar-refractivity contribution in [3.05, 3.63) is 0 Å². The zero-order valence-corrected chi connectivity index (χ0v) is 9.58. The largest absolute Gasteiger partial charge is 0.303 e. The predicted octanol–water partition coefficient (Wildman–Crippen LogP) is 1.81. The van der Waals surface area contributed by atoms with Crippen LogP contribution in [0.15, 0.2) is 0 Å². The molecule has 2 heteroatoms. The molecule has 0 bridgehead atoms. The Morgan fingerprint density at radius 2 is 1.69 bits per heavy atom. The minimum Gasteiger partial charge on any atom is -0.303 e. The smallest absolute Gasteiger partial charge is 0.0198 e. The summed E-state index contributed by atoms with van der Waals surface area (Å²) in [6, 6.07) is 1.47. The van der Waals surface area contributed by atoms with Crippen LogP contribution in [0.5, 0.6) is 0 Å². The van der Waals surface area contributed by atoms with Crippen molar-refractivity contribution in [1.82, 2.24) is 9.80 Å². The van der Waals surface area contributed by atoms with Gasteiger partial charge in [0.05, 0.1) is 0 Å². The lowest BCUT2D eigenvalue weighted by Gasteiger charge is -2.43. The van der Waals surface area contributed by atoms with Gasteiger partial charge in [0.15, 0.2) is 0 Å². The standard InChI is InChI=1S/C11H24N2/c1-5-6-7-13-10(2)8-12(4)9-11(13)3/h10-11H,5-9H2,1-4H3/t10-,11+. The van der Waals surface area contributed by atoms with E-state index in [2.05, 4.69) is 37.6 Å². The highest BCUT2D eigenvalue weighted by Gasteiger charge is 2.26. The predicted molar refractivity (Wildman–Crippen MR) is 58.0 cm³/mol. The van der Waals surface area contributed by atoms with E-state index in [1.54, 1.807) is 0 Å². The topological polar surface area (TPSA) is 6.48 Å². The Kier molecular flexibility index (Phi) is 4.20. The molecule has 0 aliphatic carbocycles. The molecule has 0 aromatic rings. The van der Waals surface area contributed by atoms with Crippen molar-refractivity contribution in [2.75, 3.05) is 26.7 Å². The van der Waals surface area contributed by atoms with Gasteiger partial charge < -0.3 is 4.90 Å². The van der Waals surface area contributed by atoms with Crippen LogP contribution < -0.4 is 0 Å². The lowest BCUT2D eigenvalue weighted by molar-refractivity contribution is 0.0514. The van der Waals surface area contributed by atoms with Gasteiger partial charge in [-0.2, -0.15) is 0 Å². The lowest BCUT2D eigenvalue weighted by Crippen LogP contribution is -2.55. The molecule has 0 radical (unpaired) electrons. The van der Waals surface area contributed by atoms with Gasteiger partial charge in [0.25, 0.3) is 0 Å². The van der Waals surface area contributed by atoms with Gasteiger partial charge in [0, 0.05) is 25.2 Å². The maximum absolute atomic E-state index is 2.66. The van der Waals surface area contributed by atoms with Crippen LogP contribution in [0.3, 0.4) is 0 Å². The van der Waals surface area contributed by atoms with Crippen LogP contribution in [0.2, 0.25) is 0 Å². The lowest BCUT2D eigenvalue weighted by atomic mass is 10.1. The maximum Gasteiger partial charge on any atom is 0.0198 e. The van der Waals surface area contributed by atoms with Gasteiger partial charge in [-0.25, -0.2) is 0 Å². The summed E-state index contributed by atoms with van der Waals surface area (Å²) in [5, 5.41) is 0. The summed E-state index contributed by atoms with van der Waals surface area (Å²) < 4.78 is 0. The quantitative estimate of drug-likeness (QED) is 0.660. The normalized spacial score (nSPS) is 32.3. The molecule has 0 unspecified atom stereocenters. The summed E-state index contributed by atoms with van der Waals surface area (Å²) in [6.45, 7) is 10.7. The van der Waals surface area contributed by atoms with Gasteiger partial charge in [0.2, 0.25) is 0 Å². The fraction of sp³-hybridized carbons (Fsp3) is 1.00. The van der Waals surface area contributed by atoms with Gasteiger partial charge in [-0.1, -0.05) is 13.3 Å². The molecule has 0 N–H and O–H groups in total. The molecule has 1 heterocycles. The van der Waals surface area contributed by atoms with Crippen LogP contribution in [0.4, 0.5) is 0 Å². The van der Waals surface area contributed by atoms with E-state index in [1.807, 2.05) is 0 Å². The first-order valence-corrected chi connectivity index (χ1v) is 5.59. The fourth-order valence-corrected chi connectivity index (χ4v) is 2.40. The maximum atomic E-state index is 2.66. The number of rotatable bonds is 3. The van der Waals surface area contributed by atoms with Gasteiger partial charge in [0.1, 0.15) is 0 Å². The van der Waals surface area contributed by atoms with E-state index in [0.717, 1.165) is 12.1 Å². The Morgan fingerprint density at radius 3 is 2.15 bits per heavy atom. The third-order valence-electron chi connectivity index (χ3n) is 3.05. The van der Waals surface area contributed by atoms with Gasteiger partial charge in [-0.3, -0.25) is 4.90 Å². The monoisotopic (exact) mass is 184 g/mol. The van der Waals surface area contributed by atoms with E-state index in [1.165, 1.54) is 32.5 Å². The molecule has 0 spiro atoms. The summed E-state index contributed by atoms with van der Waals surface area (Å²) in [6.07, 6.45) is 2.66. The number of likely N-dealkylation sites (N-methyl/N-ethyl adjacent to an activating group) is 1. The van der Waals surface area contributed by atoms with E-state index in [9.17, 15) is 0 Å². The molecule has 78 valence electrons. The zero-order valence-electron chi connectivity index (χ0n) is 9.58.